The summed E-state index contributed by atoms with van der Waals surface area (Å²) < 4.78 is 6.98. The van der Waals surface area contributed by atoms with Crippen LogP contribution in [0, 0.1) is 3.57 Å². The maximum atomic E-state index is 12.1. The number of rotatable bonds is 4. The summed E-state index contributed by atoms with van der Waals surface area (Å²) in [6.07, 6.45) is 0. The number of halogens is 2. The van der Waals surface area contributed by atoms with Crippen molar-refractivity contribution in [1.29, 1.82) is 0 Å². The summed E-state index contributed by atoms with van der Waals surface area (Å²) >= 11 is 8.14. The first-order chi connectivity index (χ1) is 10.4. The predicted octanol–water partition coefficient (Wildman–Crippen LogP) is 1.99. The number of carbonyl (C=O) groups is 2. The minimum absolute atomic E-state index is 0.0621. The van der Waals surface area contributed by atoms with E-state index in [2.05, 4.69) is 27.7 Å². The van der Waals surface area contributed by atoms with Gasteiger partial charge >= 0.3 is 5.97 Å². The van der Waals surface area contributed by atoms with E-state index >= 15 is 0 Å². The highest BCUT2D eigenvalue weighted by Gasteiger charge is 2.26. The summed E-state index contributed by atoms with van der Waals surface area (Å²) in [7, 11) is 0. The Kier molecular flexibility index (Phi) is 4.91. The van der Waals surface area contributed by atoms with E-state index in [9.17, 15) is 9.59 Å². The number of carbonyl (C=O) groups excluding carboxylic acids is 2. The van der Waals surface area contributed by atoms with Gasteiger partial charge < -0.3 is 16.2 Å². The molecule has 0 saturated heterocycles. The SMILES string of the molecule is CCOC(=O)c1c(N)c(C(N)=O)nn1-c1ccc(I)c(Cl)c1. The first-order valence-electron chi connectivity index (χ1n) is 6.17. The zero-order chi connectivity index (χ0) is 16.4. The quantitative estimate of drug-likeness (QED) is 0.564. The fourth-order valence-corrected chi connectivity index (χ4v) is 2.32. The summed E-state index contributed by atoms with van der Waals surface area (Å²) in [5.41, 5.74) is 11.1. The summed E-state index contributed by atoms with van der Waals surface area (Å²) in [6, 6.07) is 5.03. The lowest BCUT2D eigenvalue weighted by Crippen LogP contribution is -2.14. The molecule has 0 unspecified atom stereocenters. The smallest absolute Gasteiger partial charge is 0.359 e. The van der Waals surface area contributed by atoms with Crippen LogP contribution in [-0.2, 0) is 4.74 Å². The summed E-state index contributed by atoms with van der Waals surface area (Å²) in [5, 5.41) is 4.48. The monoisotopic (exact) mass is 434 g/mol. The normalized spacial score (nSPS) is 10.5. The van der Waals surface area contributed by atoms with Gasteiger partial charge in [0.2, 0.25) is 0 Å². The molecule has 2 aromatic rings. The topological polar surface area (TPSA) is 113 Å². The third-order valence-corrected chi connectivity index (χ3v) is 4.34. The summed E-state index contributed by atoms with van der Waals surface area (Å²) in [4.78, 5) is 23.5. The second kappa shape index (κ2) is 6.53. The van der Waals surface area contributed by atoms with E-state index in [0.717, 1.165) is 3.57 Å². The zero-order valence-corrected chi connectivity index (χ0v) is 14.4. The van der Waals surface area contributed by atoms with Crippen LogP contribution in [0.3, 0.4) is 0 Å². The number of primary amides is 1. The van der Waals surface area contributed by atoms with E-state index in [0.29, 0.717) is 10.7 Å². The van der Waals surface area contributed by atoms with Crippen molar-refractivity contribution in [1.82, 2.24) is 9.78 Å². The largest absolute Gasteiger partial charge is 0.461 e. The Morgan fingerprint density at radius 1 is 1.45 bits per heavy atom. The maximum Gasteiger partial charge on any atom is 0.359 e. The number of nitrogens with zero attached hydrogens (tertiary/aromatic N) is 2. The summed E-state index contributed by atoms with van der Waals surface area (Å²) in [5.74, 6) is -1.53. The van der Waals surface area contributed by atoms with Gasteiger partial charge in [-0.3, -0.25) is 4.79 Å². The Hall–Kier alpha value is -1.81. The lowest BCUT2D eigenvalue weighted by atomic mass is 10.2. The molecule has 116 valence electrons. The number of esters is 1. The number of nitrogens with two attached hydrogens (primary N) is 2. The number of anilines is 1. The molecular formula is C13H12ClIN4O3. The molecule has 0 aliphatic rings. The van der Waals surface area contributed by atoms with Crippen molar-refractivity contribution in [3.63, 3.8) is 0 Å². The molecule has 9 heteroatoms. The van der Waals surface area contributed by atoms with E-state index in [4.69, 9.17) is 27.8 Å². The van der Waals surface area contributed by atoms with Crippen molar-refractivity contribution in [2.45, 2.75) is 6.92 Å². The van der Waals surface area contributed by atoms with Crippen molar-refractivity contribution in [2.24, 2.45) is 5.73 Å². The number of amides is 1. The van der Waals surface area contributed by atoms with E-state index < -0.39 is 11.9 Å². The predicted molar refractivity (Wildman–Crippen MR) is 90.2 cm³/mol. The van der Waals surface area contributed by atoms with Gasteiger partial charge in [-0.15, -0.1) is 0 Å². The fourth-order valence-electron chi connectivity index (χ4n) is 1.81. The van der Waals surface area contributed by atoms with Crippen LogP contribution in [-0.4, -0.2) is 28.3 Å². The van der Waals surface area contributed by atoms with Gasteiger partial charge in [-0.1, -0.05) is 11.6 Å². The van der Waals surface area contributed by atoms with Crippen LogP contribution in [0.5, 0.6) is 0 Å². The Labute approximate surface area is 144 Å². The van der Waals surface area contributed by atoms with Crippen molar-refractivity contribution in [2.75, 3.05) is 12.3 Å². The first kappa shape index (κ1) is 16.6. The third kappa shape index (κ3) is 3.02. The average Bonchev–Trinajstić information content (AvgIpc) is 2.80. The lowest BCUT2D eigenvalue weighted by Gasteiger charge is -2.08. The van der Waals surface area contributed by atoms with Gasteiger partial charge in [-0.2, -0.15) is 5.10 Å². The maximum absolute atomic E-state index is 12.1. The summed E-state index contributed by atoms with van der Waals surface area (Å²) in [6.45, 7) is 1.81. The average molecular weight is 435 g/mol. The molecule has 0 aliphatic carbocycles. The van der Waals surface area contributed by atoms with Crippen LogP contribution in [0.25, 0.3) is 5.69 Å². The highest BCUT2D eigenvalue weighted by atomic mass is 127. The molecule has 0 radical (unpaired) electrons. The highest BCUT2D eigenvalue weighted by molar-refractivity contribution is 14.1. The van der Waals surface area contributed by atoms with Crippen molar-refractivity contribution >= 4 is 51.8 Å². The lowest BCUT2D eigenvalue weighted by molar-refractivity contribution is 0.0517. The van der Waals surface area contributed by atoms with Crippen molar-refractivity contribution < 1.29 is 14.3 Å². The van der Waals surface area contributed by atoms with E-state index in [1.807, 2.05) is 0 Å². The Balaban J connectivity index is 2.67. The van der Waals surface area contributed by atoms with Gasteiger partial charge in [-0.05, 0) is 47.7 Å². The number of ether oxygens (including phenoxy) is 1. The van der Waals surface area contributed by atoms with Crippen LogP contribution in [0.1, 0.15) is 27.9 Å². The molecule has 7 nitrogen and oxygen atoms in total. The van der Waals surface area contributed by atoms with Crippen molar-refractivity contribution in [3.05, 3.63) is 38.2 Å². The number of benzene rings is 1. The number of nitrogen functional groups attached to an aromatic ring is 1. The molecule has 22 heavy (non-hydrogen) atoms. The van der Waals surface area contributed by atoms with Gasteiger partial charge in [0.1, 0.15) is 0 Å². The number of hydrogen-bond donors (Lipinski definition) is 2. The number of aromatic nitrogens is 2. The van der Waals surface area contributed by atoms with E-state index in [-0.39, 0.29) is 23.7 Å². The molecule has 0 fully saturated rings. The van der Waals surface area contributed by atoms with Crippen molar-refractivity contribution in [3.8, 4) is 5.69 Å². The molecule has 1 aromatic heterocycles. The zero-order valence-electron chi connectivity index (χ0n) is 11.5. The molecule has 0 aliphatic heterocycles. The number of hydrogen-bond acceptors (Lipinski definition) is 5. The molecule has 0 spiro atoms. The van der Waals surface area contributed by atoms with Crippen LogP contribution < -0.4 is 11.5 Å². The Morgan fingerprint density at radius 3 is 2.68 bits per heavy atom. The second-order valence-corrected chi connectivity index (χ2v) is 5.78. The fraction of sp³-hybridized carbons (Fsp3) is 0.154. The van der Waals surface area contributed by atoms with Gasteiger partial charge in [0.05, 0.1) is 23.0 Å². The van der Waals surface area contributed by atoms with Crippen LogP contribution in [0.15, 0.2) is 18.2 Å². The highest BCUT2D eigenvalue weighted by Crippen LogP contribution is 2.26. The standard InChI is InChI=1S/C13H12ClIN4O3/c1-2-22-13(21)11-9(16)10(12(17)20)18-19(11)6-3-4-8(15)7(14)5-6/h3-5H,2,16H2,1H3,(H2,17,20). The van der Waals surface area contributed by atoms with Gasteiger partial charge in [-0.25, -0.2) is 9.48 Å². The molecule has 0 saturated carbocycles. The van der Waals surface area contributed by atoms with E-state index in [1.54, 1.807) is 25.1 Å². The Bertz CT molecular complexity index is 760. The first-order valence-corrected chi connectivity index (χ1v) is 7.63. The van der Waals surface area contributed by atoms with Crippen LogP contribution in [0.2, 0.25) is 5.02 Å². The molecule has 1 amide bonds. The molecule has 0 bridgehead atoms. The molecule has 0 atom stereocenters. The molecule has 4 N–H and O–H groups in total. The van der Waals surface area contributed by atoms with Gasteiger partial charge in [0.25, 0.3) is 5.91 Å². The molecule has 1 heterocycles. The minimum atomic E-state index is -0.835. The van der Waals surface area contributed by atoms with Gasteiger partial charge in [0.15, 0.2) is 11.4 Å². The third-order valence-electron chi connectivity index (χ3n) is 2.77. The molecule has 1 aromatic carbocycles. The molecule has 2 rings (SSSR count). The Morgan fingerprint density at radius 2 is 2.14 bits per heavy atom. The molecular weight excluding hydrogens is 423 g/mol. The van der Waals surface area contributed by atoms with E-state index in [1.165, 1.54) is 4.68 Å². The van der Waals surface area contributed by atoms with Crippen LogP contribution >= 0.6 is 34.2 Å². The minimum Gasteiger partial charge on any atom is -0.461 e. The second-order valence-electron chi connectivity index (χ2n) is 4.21. The van der Waals surface area contributed by atoms with Crippen LogP contribution in [0.4, 0.5) is 5.69 Å². The van der Waals surface area contributed by atoms with Gasteiger partial charge in [0, 0.05) is 3.57 Å².